The van der Waals surface area contributed by atoms with Gasteiger partial charge in [-0.2, -0.15) is 5.10 Å². The molecule has 5 heteroatoms. The second-order valence-corrected chi connectivity index (χ2v) is 3.28. The third kappa shape index (κ3) is 2.98. The lowest BCUT2D eigenvalue weighted by atomic mass is 10.1. The van der Waals surface area contributed by atoms with Crippen LogP contribution >= 0.6 is 0 Å². The van der Waals surface area contributed by atoms with E-state index in [4.69, 9.17) is 11.5 Å². The van der Waals surface area contributed by atoms with E-state index in [2.05, 4.69) is 10.2 Å². The van der Waals surface area contributed by atoms with E-state index >= 15 is 0 Å². The van der Waals surface area contributed by atoms with Crippen molar-refractivity contribution in [2.75, 3.05) is 0 Å². The van der Waals surface area contributed by atoms with E-state index < -0.39 is 0 Å². The molecule has 0 atom stereocenters. The summed E-state index contributed by atoms with van der Waals surface area (Å²) in [7, 11) is 0. The summed E-state index contributed by atoms with van der Waals surface area (Å²) in [6.45, 7) is 3.69. The van der Waals surface area contributed by atoms with Gasteiger partial charge >= 0.3 is 5.96 Å². The lowest BCUT2D eigenvalue weighted by molar-refractivity contribution is -0.464. The Labute approximate surface area is 88.1 Å². The number of guanidine groups is 1. The van der Waals surface area contributed by atoms with Crippen LogP contribution in [0.3, 0.4) is 0 Å². The predicted octanol–water partition coefficient (Wildman–Crippen LogP) is -1.22. The Morgan fingerprint density at radius 2 is 2.07 bits per heavy atom. The van der Waals surface area contributed by atoms with Crippen molar-refractivity contribution in [3.05, 3.63) is 29.3 Å². The van der Waals surface area contributed by atoms with Crippen molar-refractivity contribution in [1.29, 1.82) is 0 Å². The van der Waals surface area contributed by atoms with Crippen LogP contribution in [0.1, 0.15) is 18.1 Å². The van der Waals surface area contributed by atoms with Gasteiger partial charge in [0, 0.05) is 5.56 Å². The maximum Gasteiger partial charge on any atom is 0.362 e. The second kappa shape index (κ2) is 4.45. The van der Waals surface area contributed by atoms with Crippen molar-refractivity contribution < 1.29 is 10.2 Å². The average Bonchev–Trinajstić information content (AvgIpc) is 2.18. The fraction of sp³-hybridized carbons (Fsp3) is 0.200. The van der Waals surface area contributed by atoms with Crippen LogP contribution in [0.15, 0.2) is 23.3 Å². The van der Waals surface area contributed by atoms with Gasteiger partial charge in [0.15, 0.2) is 0 Å². The molecule has 0 saturated carbocycles. The highest BCUT2D eigenvalue weighted by Gasteiger charge is 2.04. The van der Waals surface area contributed by atoms with Crippen molar-refractivity contribution in [3.63, 3.8) is 0 Å². The van der Waals surface area contributed by atoms with Crippen molar-refractivity contribution in [2.45, 2.75) is 13.8 Å². The number of hydrazone groups is 1. The van der Waals surface area contributed by atoms with E-state index in [1.54, 1.807) is 13.0 Å². The molecule has 0 aliphatic carbocycles. The van der Waals surface area contributed by atoms with Gasteiger partial charge in [0.1, 0.15) is 5.75 Å². The summed E-state index contributed by atoms with van der Waals surface area (Å²) in [6.07, 6.45) is 0. The standard InChI is InChI=1S/C10H14N4O/c1-6-3-4-9(15)8(5-6)7(2)13-14-10(11)12/h3-5,15H,1-2H3,(H4,11,12,14)/p+1/b13-7+. The number of benzene rings is 1. The Hall–Kier alpha value is -2.04. The Morgan fingerprint density at radius 1 is 1.40 bits per heavy atom. The van der Waals surface area contributed by atoms with E-state index in [-0.39, 0.29) is 11.7 Å². The molecule has 5 nitrogen and oxygen atoms in total. The number of phenolic OH excluding ortho intramolecular Hbond substituents is 1. The first kappa shape index (κ1) is 11.0. The molecule has 0 unspecified atom stereocenters. The van der Waals surface area contributed by atoms with Crippen LogP contribution in [0, 0.1) is 6.92 Å². The van der Waals surface area contributed by atoms with Crippen LogP contribution in [-0.2, 0) is 0 Å². The predicted molar refractivity (Wildman–Crippen MR) is 59.4 cm³/mol. The van der Waals surface area contributed by atoms with Gasteiger partial charge in [-0.25, -0.2) is 0 Å². The van der Waals surface area contributed by atoms with E-state index in [0.29, 0.717) is 11.3 Å². The molecule has 1 aromatic rings. The fourth-order valence-corrected chi connectivity index (χ4v) is 1.15. The van der Waals surface area contributed by atoms with Crippen LogP contribution in [0.25, 0.3) is 0 Å². The Morgan fingerprint density at radius 3 is 2.67 bits per heavy atom. The summed E-state index contributed by atoms with van der Waals surface area (Å²) in [6, 6.07) is 5.28. The van der Waals surface area contributed by atoms with Gasteiger partial charge in [-0.3, -0.25) is 11.5 Å². The number of phenols is 1. The Balaban J connectivity index is 3.10. The highest BCUT2D eigenvalue weighted by atomic mass is 16.3. The van der Waals surface area contributed by atoms with Gasteiger partial charge in [0.2, 0.25) is 0 Å². The van der Waals surface area contributed by atoms with Gasteiger partial charge in [0.05, 0.1) is 5.71 Å². The van der Waals surface area contributed by atoms with Crippen molar-refractivity contribution in [2.24, 2.45) is 16.6 Å². The molecule has 0 aliphatic heterocycles. The first-order chi connectivity index (χ1) is 7.00. The summed E-state index contributed by atoms with van der Waals surface area (Å²) >= 11 is 0. The van der Waals surface area contributed by atoms with Crippen molar-refractivity contribution >= 4 is 11.7 Å². The molecule has 0 heterocycles. The Bertz CT molecular complexity index is 419. The summed E-state index contributed by atoms with van der Waals surface area (Å²) in [5.74, 6) is 0.195. The normalized spacial score (nSPS) is 11.2. The van der Waals surface area contributed by atoms with Crippen molar-refractivity contribution in [3.8, 4) is 5.75 Å². The molecule has 0 aromatic heterocycles. The molecular formula is C10H15N4O+. The minimum absolute atomic E-state index is 0.0153. The SMILES string of the molecule is C/C(=N\[NH+]=C(N)N)c1cc(C)ccc1O. The van der Waals surface area contributed by atoms with E-state index in [1.807, 2.05) is 19.1 Å². The number of aromatic hydroxyl groups is 1. The van der Waals surface area contributed by atoms with Gasteiger partial charge in [-0.15, -0.1) is 5.10 Å². The molecule has 80 valence electrons. The van der Waals surface area contributed by atoms with Gasteiger partial charge in [-0.1, -0.05) is 11.6 Å². The van der Waals surface area contributed by atoms with Crippen LogP contribution in [0.5, 0.6) is 5.75 Å². The lowest BCUT2D eigenvalue weighted by Gasteiger charge is -2.03. The molecule has 0 spiro atoms. The van der Waals surface area contributed by atoms with Crippen LogP contribution in [0.2, 0.25) is 0 Å². The van der Waals surface area contributed by atoms with E-state index in [1.165, 1.54) is 0 Å². The molecule has 0 bridgehead atoms. The van der Waals surface area contributed by atoms with Crippen LogP contribution < -0.4 is 16.6 Å². The molecule has 0 aliphatic rings. The number of aryl methyl sites for hydroxylation is 1. The van der Waals surface area contributed by atoms with Gasteiger partial charge in [0.25, 0.3) is 0 Å². The minimum atomic E-state index is 0.0153. The summed E-state index contributed by atoms with van der Waals surface area (Å²) in [4.78, 5) is 0. The molecule has 0 amide bonds. The molecule has 15 heavy (non-hydrogen) atoms. The number of nitrogens with zero attached hydrogens (tertiary/aromatic N) is 1. The highest BCUT2D eigenvalue weighted by Crippen LogP contribution is 2.18. The number of nitrogens with one attached hydrogen (secondary N) is 1. The molecule has 1 rings (SSSR count). The maximum atomic E-state index is 9.59. The fourth-order valence-electron chi connectivity index (χ4n) is 1.15. The molecule has 1 aromatic carbocycles. The molecule has 0 saturated heterocycles. The minimum Gasteiger partial charge on any atom is -0.507 e. The number of hydrogen-bond acceptors (Lipinski definition) is 2. The third-order valence-electron chi connectivity index (χ3n) is 1.89. The van der Waals surface area contributed by atoms with Crippen LogP contribution in [0.4, 0.5) is 0 Å². The number of hydrogen-bond donors (Lipinski definition) is 4. The molecular weight excluding hydrogens is 192 g/mol. The molecule has 0 fully saturated rings. The summed E-state index contributed by atoms with van der Waals surface area (Å²) in [5, 5.41) is 15.9. The number of rotatable bonds is 2. The zero-order valence-electron chi connectivity index (χ0n) is 8.78. The summed E-state index contributed by atoms with van der Waals surface area (Å²) < 4.78 is 0. The first-order valence-corrected chi connectivity index (χ1v) is 4.49. The zero-order chi connectivity index (χ0) is 11.4. The number of nitrogens with two attached hydrogens (primary N) is 2. The second-order valence-electron chi connectivity index (χ2n) is 3.28. The van der Waals surface area contributed by atoms with Gasteiger partial charge < -0.3 is 5.11 Å². The lowest BCUT2D eigenvalue weighted by Crippen LogP contribution is -2.72. The monoisotopic (exact) mass is 207 g/mol. The van der Waals surface area contributed by atoms with Crippen LogP contribution in [-0.4, -0.2) is 16.8 Å². The molecule has 0 radical (unpaired) electrons. The maximum absolute atomic E-state index is 9.59. The zero-order valence-corrected chi connectivity index (χ0v) is 8.78. The topological polar surface area (TPSA) is 98.6 Å². The van der Waals surface area contributed by atoms with Crippen molar-refractivity contribution in [1.82, 2.24) is 0 Å². The highest BCUT2D eigenvalue weighted by molar-refractivity contribution is 6.00. The first-order valence-electron chi connectivity index (χ1n) is 4.49. The van der Waals surface area contributed by atoms with Gasteiger partial charge in [-0.05, 0) is 26.0 Å². The summed E-state index contributed by atoms with van der Waals surface area (Å²) in [5.41, 5.74) is 12.7. The third-order valence-corrected chi connectivity index (χ3v) is 1.89. The van der Waals surface area contributed by atoms with E-state index in [0.717, 1.165) is 5.56 Å². The smallest absolute Gasteiger partial charge is 0.362 e. The molecule has 6 N–H and O–H groups in total. The average molecular weight is 207 g/mol. The van der Waals surface area contributed by atoms with E-state index in [9.17, 15) is 5.11 Å². The quantitative estimate of drug-likeness (QED) is 0.278. The Kier molecular flexibility index (Phi) is 3.28. The largest absolute Gasteiger partial charge is 0.507 e.